The Kier molecular flexibility index (Phi) is 8.04. The van der Waals surface area contributed by atoms with Crippen molar-refractivity contribution >= 4 is 0 Å². The predicted molar refractivity (Wildman–Crippen MR) is 102 cm³/mol. The summed E-state index contributed by atoms with van der Waals surface area (Å²) in [5.41, 5.74) is 1.43. The molecule has 1 unspecified atom stereocenters. The fourth-order valence-electron chi connectivity index (χ4n) is 3.38. The molecule has 0 saturated carbocycles. The van der Waals surface area contributed by atoms with Crippen LogP contribution >= 0.6 is 0 Å². The van der Waals surface area contributed by atoms with Gasteiger partial charge in [-0.2, -0.15) is 0 Å². The van der Waals surface area contributed by atoms with Gasteiger partial charge in [-0.25, -0.2) is 5.11 Å². The summed E-state index contributed by atoms with van der Waals surface area (Å²) in [6, 6.07) is 20.6. The van der Waals surface area contributed by atoms with Gasteiger partial charge in [0.25, 0.3) is 0 Å². The van der Waals surface area contributed by atoms with Gasteiger partial charge in [0.1, 0.15) is 5.60 Å². The van der Waals surface area contributed by atoms with Crippen molar-refractivity contribution in [2.75, 3.05) is 0 Å². The van der Waals surface area contributed by atoms with E-state index >= 15 is 0 Å². The summed E-state index contributed by atoms with van der Waals surface area (Å²) in [4.78, 5) is 0. The van der Waals surface area contributed by atoms with E-state index in [9.17, 15) is 5.11 Å². The number of aryl methyl sites for hydroxylation is 1. The maximum Gasteiger partial charge on any atom is 0.128 e. The van der Waals surface area contributed by atoms with Gasteiger partial charge in [0.05, 0.1) is 0 Å². The Hall–Kier alpha value is -1.60. The number of rotatable bonds is 11. The second kappa shape index (κ2) is 10.3. The molecule has 0 saturated heterocycles. The average Bonchev–Trinajstić information content (AvgIpc) is 2.64. The average molecular weight is 324 g/mol. The lowest BCUT2D eigenvalue weighted by atomic mass is 9.83. The number of benzene rings is 2. The van der Waals surface area contributed by atoms with Gasteiger partial charge in [-0.3, -0.25) is 0 Å². The molecule has 0 aliphatic rings. The van der Waals surface area contributed by atoms with Crippen molar-refractivity contribution in [2.45, 2.75) is 70.3 Å². The first-order chi connectivity index (χ1) is 11.7. The monoisotopic (exact) mass is 323 g/mol. The van der Waals surface area contributed by atoms with Crippen LogP contribution in [0.15, 0.2) is 60.7 Å². The van der Waals surface area contributed by atoms with Crippen molar-refractivity contribution in [3.05, 3.63) is 71.8 Å². The van der Waals surface area contributed by atoms with Crippen LogP contribution in [0.5, 0.6) is 0 Å². The highest BCUT2D eigenvalue weighted by atomic mass is 16.3. The zero-order valence-corrected chi connectivity index (χ0v) is 15.0. The molecule has 0 fully saturated rings. The Morgan fingerprint density at radius 3 is 1.92 bits per heavy atom. The second-order valence-electron chi connectivity index (χ2n) is 6.86. The minimum Gasteiger partial charge on any atom is -0.224 e. The third kappa shape index (κ3) is 6.13. The molecule has 2 aromatic carbocycles. The molecule has 0 amide bonds. The van der Waals surface area contributed by atoms with Gasteiger partial charge in [0, 0.05) is 0 Å². The molecular weight excluding hydrogens is 292 g/mol. The first-order valence-electron chi connectivity index (χ1n) is 9.54. The van der Waals surface area contributed by atoms with Crippen molar-refractivity contribution in [3.8, 4) is 0 Å². The number of unbranched alkanes of at least 4 members (excludes halogenated alkanes) is 4. The SMILES string of the molecule is CCCCCCC([O])(CCCCc1ccccc1)c1ccccc1. The molecular formula is C23H31O. The van der Waals surface area contributed by atoms with Crippen molar-refractivity contribution in [3.63, 3.8) is 0 Å². The maximum atomic E-state index is 13.5. The van der Waals surface area contributed by atoms with E-state index in [1.54, 1.807) is 0 Å². The zero-order chi connectivity index (χ0) is 17.1. The number of hydrogen-bond acceptors (Lipinski definition) is 0. The molecule has 0 N–H and O–H groups in total. The van der Waals surface area contributed by atoms with Crippen LogP contribution < -0.4 is 0 Å². The lowest BCUT2D eigenvalue weighted by molar-refractivity contribution is -0.0535. The lowest BCUT2D eigenvalue weighted by Gasteiger charge is -2.26. The zero-order valence-electron chi connectivity index (χ0n) is 15.0. The summed E-state index contributed by atoms with van der Waals surface area (Å²) < 4.78 is 0. The van der Waals surface area contributed by atoms with Crippen LogP contribution in [0, 0.1) is 0 Å². The first-order valence-corrected chi connectivity index (χ1v) is 9.54. The Morgan fingerprint density at radius 1 is 0.708 bits per heavy atom. The smallest absolute Gasteiger partial charge is 0.128 e. The van der Waals surface area contributed by atoms with E-state index in [1.165, 1.54) is 24.8 Å². The Morgan fingerprint density at radius 2 is 1.29 bits per heavy atom. The van der Waals surface area contributed by atoms with Gasteiger partial charge in [0.15, 0.2) is 0 Å². The van der Waals surface area contributed by atoms with Crippen LogP contribution in [0.4, 0.5) is 0 Å². The van der Waals surface area contributed by atoms with E-state index in [-0.39, 0.29) is 0 Å². The van der Waals surface area contributed by atoms with Crippen LogP contribution in [0.2, 0.25) is 0 Å². The van der Waals surface area contributed by atoms with E-state index < -0.39 is 5.60 Å². The normalized spacial score (nSPS) is 13.6. The first kappa shape index (κ1) is 18.7. The van der Waals surface area contributed by atoms with Gasteiger partial charge in [-0.05, 0) is 43.2 Å². The molecule has 0 aliphatic heterocycles. The summed E-state index contributed by atoms with van der Waals surface area (Å²) in [5, 5.41) is 13.5. The summed E-state index contributed by atoms with van der Waals surface area (Å²) >= 11 is 0. The van der Waals surface area contributed by atoms with Crippen LogP contribution in [-0.4, -0.2) is 0 Å². The van der Waals surface area contributed by atoms with Crippen molar-refractivity contribution < 1.29 is 5.11 Å². The van der Waals surface area contributed by atoms with Gasteiger partial charge in [0.2, 0.25) is 0 Å². The molecule has 1 heteroatoms. The van der Waals surface area contributed by atoms with E-state index in [0.29, 0.717) is 0 Å². The molecule has 0 aromatic heterocycles. The van der Waals surface area contributed by atoms with Gasteiger partial charge in [-0.1, -0.05) is 93.3 Å². The van der Waals surface area contributed by atoms with E-state index in [2.05, 4.69) is 37.3 Å². The van der Waals surface area contributed by atoms with Crippen LogP contribution in [0.3, 0.4) is 0 Å². The minimum atomic E-state index is -0.911. The molecule has 24 heavy (non-hydrogen) atoms. The molecule has 0 aliphatic carbocycles. The Labute approximate surface area is 147 Å². The summed E-state index contributed by atoms with van der Waals surface area (Å²) in [6.45, 7) is 2.21. The molecule has 0 heterocycles. The van der Waals surface area contributed by atoms with Gasteiger partial charge in [-0.15, -0.1) is 0 Å². The largest absolute Gasteiger partial charge is 0.224 e. The predicted octanol–water partition coefficient (Wildman–Crippen LogP) is 6.70. The molecule has 0 bridgehead atoms. The van der Waals surface area contributed by atoms with Gasteiger partial charge < -0.3 is 0 Å². The molecule has 1 atom stereocenters. The van der Waals surface area contributed by atoms with Crippen LogP contribution in [-0.2, 0) is 17.1 Å². The third-order valence-corrected chi connectivity index (χ3v) is 4.87. The maximum absolute atomic E-state index is 13.5. The topological polar surface area (TPSA) is 19.9 Å². The van der Waals surface area contributed by atoms with Crippen molar-refractivity contribution in [1.82, 2.24) is 0 Å². The second-order valence-corrected chi connectivity index (χ2v) is 6.86. The standard InChI is InChI=1S/C23H31O/c1-2-3-4-12-19-23(24,22-17-9-6-10-18-22)20-13-11-16-21-14-7-5-8-15-21/h5-10,14-15,17-18H,2-4,11-13,16,19-20H2,1H3. The highest BCUT2D eigenvalue weighted by molar-refractivity contribution is 5.22. The highest BCUT2D eigenvalue weighted by Crippen LogP contribution is 2.33. The molecule has 1 radical (unpaired) electrons. The third-order valence-electron chi connectivity index (χ3n) is 4.87. The van der Waals surface area contributed by atoms with E-state index in [1.807, 2.05) is 30.3 Å². The van der Waals surface area contributed by atoms with Crippen molar-refractivity contribution in [2.24, 2.45) is 0 Å². The minimum absolute atomic E-state index is 0.746. The van der Waals surface area contributed by atoms with Gasteiger partial charge >= 0.3 is 0 Å². The Bertz CT molecular complexity index is 549. The molecule has 0 spiro atoms. The Balaban J connectivity index is 1.88. The van der Waals surface area contributed by atoms with E-state index in [4.69, 9.17) is 0 Å². The van der Waals surface area contributed by atoms with Crippen LogP contribution in [0.1, 0.15) is 69.4 Å². The van der Waals surface area contributed by atoms with Crippen molar-refractivity contribution in [1.29, 1.82) is 0 Å². The summed E-state index contributed by atoms with van der Waals surface area (Å²) in [6.07, 6.45) is 9.35. The summed E-state index contributed by atoms with van der Waals surface area (Å²) in [7, 11) is 0. The molecule has 2 aromatic rings. The van der Waals surface area contributed by atoms with E-state index in [0.717, 1.165) is 44.1 Å². The molecule has 2 rings (SSSR count). The quantitative estimate of drug-likeness (QED) is 0.410. The fraction of sp³-hybridized carbons (Fsp3) is 0.478. The fourth-order valence-corrected chi connectivity index (χ4v) is 3.38. The van der Waals surface area contributed by atoms with Crippen LogP contribution in [0.25, 0.3) is 0 Å². The molecule has 129 valence electrons. The molecule has 1 nitrogen and oxygen atoms in total. The highest BCUT2D eigenvalue weighted by Gasteiger charge is 2.30. The lowest BCUT2D eigenvalue weighted by Crippen LogP contribution is -2.24. The summed E-state index contributed by atoms with van der Waals surface area (Å²) in [5.74, 6) is 0. The number of hydrogen-bond donors (Lipinski definition) is 0.